The summed E-state index contributed by atoms with van der Waals surface area (Å²) in [6.07, 6.45) is 6.18. The molecule has 3 unspecified atom stereocenters. The van der Waals surface area contributed by atoms with Crippen molar-refractivity contribution >= 4 is 0 Å². The van der Waals surface area contributed by atoms with Crippen molar-refractivity contribution in [3.05, 3.63) is 0 Å². The first-order valence-electron chi connectivity index (χ1n) is 9.01. The molecule has 126 valence electrons. The third-order valence-corrected chi connectivity index (χ3v) is 5.27. The Morgan fingerprint density at radius 1 is 1.24 bits per heavy atom. The molecule has 21 heavy (non-hydrogen) atoms. The Morgan fingerprint density at radius 2 is 1.95 bits per heavy atom. The van der Waals surface area contributed by atoms with Crippen molar-refractivity contribution in [3.63, 3.8) is 0 Å². The largest absolute Gasteiger partial charge is 0.394 e. The van der Waals surface area contributed by atoms with E-state index in [0.29, 0.717) is 6.04 Å². The Balaban J connectivity index is 2.51. The number of hydrogen-bond donors (Lipinski definition) is 2. The SMILES string of the molecule is CCCNC(C)(CO)CC(C)N1CCCC(C(C)C)CC1. The Kier molecular flexibility index (Phi) is 8.22. The van der Waals surface area contributed by atoms with Crippen molar-refractivity contribution in [2.75, 3.05) is 26.2 Å². The second-order valence-electron chi connectivity index (χ2n) is 7.67. The zero-order valence-electron chi connectivity index (χ0n) is 15.0. The predicted molar refractivity (Wildman–Crippen MR) is 91.6 cm³/mol. The third kappa shape index (κ3) is 6.25. The van der Waals surface area contributed by atoms with Gasteiger partial charge in [0.2, 0.25) is 0 Å². The van der Waals surface area contributed by atoms with Crippen molar-refractivity contribution in [3.8, 4) is 0 Å². The van der Waals surface area contributed by atoms with Crippen molar-refractivity contribution in [2.24, 2.45) is 11.8 Å². The molecule has 0 radical (unpaired) electrons. The van der Waals surface area contributed by atoms with Crippen LogP contribution in [0.25, 0.3) is 0 Å². The van der Waals surface area contributed by atoms with Crippen LogP contribution in [-0.2, 0) is 0 Å². The Hall–Kier alpha value is -0.120. The molecule has 2 N–H and O–H groups in total. The van der Waals surface area contributed by atoms with Gasteiger partial charge in [0.1, 0.15) is 0 Å². The summed E-state index contributed by atoms with van der Waals surface area (Å²) >= 11 is 0. The average molecular weight is 299 g/mol. The normalized spacial score (nSPS) is 25.6. The topological polar surface area (TPSA) is 35.5 Å². The minimum absolute atomic E-state index is 0.140. The summed E-state index contributed by atoms with van der Waals surface area (Å²) in [5.41, 5.74) is -0.140. The molecular weight excluding hydrogens is 260 g/mol. The number of rotatable bonds is 8. The van der Waals surface area contributed by atoms with Gasteiger partial charge in [-0.25, -0.2) is 0 Å². The van der Waals surface area contributed by atoms with Gasteiger partial charge in [-0.05, 0) is 77.4 Å². The minimum Gasteiger partial charge on any atom is -0.394 e. The van der Waals surface area contributed by atoms with E-state index in [2.05, 4.69) is 44.8 Å². The number of nitrogens with one attached hydrogen (secondary N) is 1. The molecule has 0 aromatic rings. The molecule has 1 aliphatic rings. The van der Waals surface area contributed by atoms with E-state index in [4.69, 9.17) is 0 Å². The highest BCUT2D eigenvalue weighted by atomic mass is 16.3. The lowest BCUT2D eigenvalue weighted by Gasteiger charge is -2.36. The van der Waals surface area contributed by atoms with E-state index in [1.807, 2.05) is 0 Å². The van der Waals surface area contributed by atoms with E-state index in [1.54, 1.807) is 0 Å². The Bertz CT molecular complexity index is 282. The van der Waals surface area contributed by atoms with Crippen LogP contribution >= 0.6 is 0 Å². The van der Waals surface area contributed by atoms with Crippen LogP contribution in [0.2, 0.25) is 0 Å². The molecule has 0 spiro atoms. The molecule has 0 amide bonds. The van der Waals surface area contributed by atoms with Gasteiger partial charge >= 0.3 is 0 Å². The average Bonchev–Trinajstić information content (AvgIpc) is 2.71. The van der Waals surface area contributed by atoms with E-state index in [0.717, 1.165) is 31.2 Å². The Labute approximate surface area is 132 Å². The monoisotopic (exact) mass is 298 g/mol. The minimum atomic E-state index is -0.140. The molecular formula is C18H38N2O. The number of likely N-dealkylation sites (tertiary alicyclic amines) is 1. The van der Waals surface area contributed by atoms with Gasteiger partial charge in [-0.1, -0.05) is 20.8 Å². The first kappa shape index (κ1) is 18.9. The number of nitrogens with zero attached hydrogens (tertiary/aromatic N) is 1. The van der Waals surface area contributed by atoms with Gasteiger partial charge in [-0.2, -0.15) is 0 Å². The van der Waals surface area contributed by atoms with E-state index in [-0.39, 0.29) is 12.1 Å². The molecule has 1 fully saturated rings. The smallest absolute Gasteiger partial charge is 0.0611 e. The van der Waals surface area contributed by atoms with Gasteiger partial charge in [-0.3, -0.25) is 0 Å². The van der Waals surface area contributed by atoms with Gasteiger partial charge in [0, 0.05) is 11.6 Å². The van der Waals surface area contributed by atoms with Crippen molar-refractivity contribution < 1.29 is 5.11 Å². The molecule has 0 aliphatic carbocycles. The summed E-state index contributed by atoms with van der Waals surface area (Å²) < 4.78 is 0. The maximum atomic E-state index is 9.75. The molecule has 1 heterocycles. The van der Waals surface area contributed by atoms with Crippen LogP contribution in [0.4, 0.5) is 0 Å². The lowest BCUT2D eigenvalue weighted by atomic mass is 9.89. The van der Waals surface area contributed by atoms with Crippen LogP contribution < -0.4 is 5.32 Å². The van der Waals surface area contributed by atoms with Crippen LogP contribution in [0.3, 0.4) is 0 Å². The van der Waals surface area contributed by atoms with Crippen molar-refractivity contribution in [1.82, 2.24) is 10.2 Å². The molecule has 0 aromatic carbocycles. The molecule has 1 saturated heterocycles. The van der Waals surface area contributed by atoms with E-state index >= 15 is 0 Å². The molecule has 0 aromatic heterocycles. The lowest BCUT2D eigenvalue weighted by molar-refractivity contribution is 0.115. The second-order valence-corrected chi connectivity index (χ2v) is 7.67. The molecule has 1 aliphatic heterocycles. The molecule has 3 heteroatoms. The fourth-order valence-electron chi connectivity index (χ4n) is 3.65. The van der Waals surface area contributed by atoms with Crippen LogP contribution in [0, 0.1) is 11.8 Å². The third-order valence-electron chi connectivity index (χ3n) is 5.27. The van der Waals surface area contributed by atoms with Crippen LogP contribution in [0.1, 0.15) is 66.7 Å². The fourth-order valence-corrected chi connectivity index (χ4v) is 3.65. The first-order chi connectivity index (χ1) is 9.91. The number of aliphatic hydroxyl groups excluding tert-OH is 1. The maximum Gasteiger partial charge on any atom is 0.0611 e. The Morgan fingerprint density at radius 3 is 2.52 bits per heavy atom. The summed E-state index contributed by atoms with van der Waals surface area (Å²) in [4.78, 5) is 2.64. The zero-order valence-corrected chi connectivity index (χ0v) is 15.0. The summed E-state index contributed by atoms with van der Waals surface area (Å²) in [5.74, 6) is 1.71. The molecule has 3 atom stereocenters. The molecule has 1 rings (SSSR count). The summed E-state index contributed by atoms with van der Waals surface area (Å²) in [6, 6.07) is 0.539. The van der Waals surface area contributed by atoms with E-state index in [9.17, 15) is 5.11 Å². The highest BCUT2D eigenvalue weighted by Gasteiger charge is 2.29. The maximum absolute atomic E-state index is 9.75. The molecule has 0 bridgehead atoms. The zero-order chi connectivity index (χ0) is 15.9. The van der Waals surface area contributed by atoms with Gasteiger partial charge in [0.05, 0.1) is 6.61 Å². The number of hydrogen-bond acceptors (Lipinski definition) is 3. The quantitative estimate of drug-likeness (QED) is 0.722. The van der Waals surface area contributed by atoms with Gasteiger partial charge in [0.25, 0.3) is 0 Å². The first-order valence-corrected chi connectivity index (χ1v) is 9.01. The van der Waals surface area contributed by atoms with Gasteiger partial charge in [0.15, 0.2) is 0 Å². The van der Waals surface area contributed by atoms with Crippen molar-refractivity contribution in [2.45, 2.75) is 78.3 Å². The van der Waals surface area contributed by atoms with Gasteiger partial charge in [-0.15, -0.1) is 0 Å². The molecule has 0 saturated carbocycles. The standard InChI is InChI=1S/C18H38N2O/c1-6-10-19-18(5,14-21)13-16(4)20-11-7-8-17(9-12-20)15(2)3/h15-17,19,21H,6-14H2,1-5H3. The fraction of sp³-hybridized carbons (Fsp3) is 1.00. The lowest BCUT2D eigenvalue weighted by Crippen LogP contribution is -2.51. The van der Waals surface area contributed by atoms with Crippen LogP contribution in [-0.4, -0.2) is 47.8 Å². The number of aliphatic hydroxyl groups is 1. The van der Waals surface area contributed by atoms with Crippen LogP contribution in [0.15, 0.2) is 0 Å². The van der Waals surface area contributed by atoms with Gasteiger partial charge < -0.3 is 15.3 Å². The molecule has 3 nitrogen and oxygen atoms in total. The summed E-state index contributed by atoms with van der Waals surface area (Å²) in [7, 11) is 0. The second kappa shape index (κ2) is 9.12. The predicted octanol–water partition coefficient (Wildman–Crippen LogP) is 3.27. The van der Waals surface area contributed by atoms with Crippen LogP contribution in [0.5, 0.6) is 0 Å². The highest BCUT2D eigenvalue weighted by molar-refractivity contribution is 4.88. The van der Waals surface area contributed by atoms with E-state index < -0.39 is 0 Å². The summed E-state index contributed by atoms with van der Waals surface area (Å²) in [6.45, 7) is 15.0. The van der Waals surface area contributed by atoms with Crippen molar-refractivity contribution in [1.29, 1.82) is 0 Å². The van der Waals surface area contributed by atoms with E-state index in [1.165, 1.54) is 32.4 Å². The summed E-state index contributed by atoms with van der Waals surface area (Å²) in [5, 5.41) is 13.3. The highest BCUT2D eigenvalue weighted by Crippen LogP contribution is 2.26.